The Labute approximate surface area is 126 Å². The normalized spacial score (nSPS) is 17.5. The number of anilines is 1. The largest absolute Gasteiger partial charge is 0.347 e. The zero-order valence-electron chi connectivity index (χ0n) is 11.3. The van der Waals surface area contributed by atoms with Crippen molar-refractivity contribution in [3.05, 3.63) is 47.0 Å². The Balaban J connectivity index is 1.59. The minimum Gasteiger partial charge on any atom is -0.347 e. The molecule has 3 rings (SSSR count). The summed E-state index contributed by atoms with van der Waals surface area (Å²) >= 11 is 1.61. The van der Waals surface area contributed by atoms with Crippen molar-refractivity contribution < 1.29 is 4.79 Å². The lowest BCUT2D eigenvalue weighted by Gasteiger charge is -2.15. The van der Waals surface area contributed by atoms with Gasteiger partial charge in [0.1, 0.15) is 0 Å². The Morgan fingerprint density at radius 2 is 2.24 bits per heavy atom. The number of nitriles is 1. The summed E-state index contributed by atoms with van der Waals surface area (Å²) in [5.74, 6) is -0.0921. The second kappa shape index (κ2) is 5.94. The van der Waals surface area contributed by atoms with Crippen LogP contribution in [0.3, 0.4) is 0 Å². The van der Waals surface area contributed by atoms with Crippen LogP contribution in [0, 0.1) is 11.3 Å². The number of benzene rings is 1. The van der Waals surface area contributed by atoms with Crippen LogP contribution in [-0.2, 0) is 0 Å². The van der Waals surface area contributed by atoms with E-state index in [1.807, 2.05) is 11.4 Å². The summed E-state index contributed by atoms with van der Waals surface area (Å²) in [5.41, 5.74) is 1.14. The molecule has 0 aliphatic carbocycles. The molecule has 1 saturated heterocycles. The molecule has 2 aromatic rings. The van der Waals surface area contributed by atoms with Crippen molar-refractivity contribution in [3.63, 3.8) is 0 Å². The quantitative estimate of drug-likeness (QED) is 0.941. The highest BCUT2D eigenvalue weighted by molar-refractivity contribution is 7.13. The van der Waals surface area contributed by atoms with Gasteiger partial charge >= 0.3 is 0 Å². The highest BCUT2D eigenvalue weighted by Gasteiger charge is 2.25. The molecule has 6 heteroatoms. The smallest absolute Gasteiger partial charge is 0.251 e. The van der Waals surface area contributed by atoms with E-state index in [0.717, 1.165) is 24.6 Å². The molecule has 1 unspecified atom stereocenters. The molecule has 0 radical (unpaired) electrons. The van der Waals surface area contributed by atoms with Gasteiger partial charge in [-0.3, -0.25) is 4.79 Å². The molecule has 1 amide bonds. The van der Waals surface area contributed by atoms with Crippen molar-refractivity contribution >= 4 is 22.4 Å². The maximum atomic E-state index is 12.2. The number of rotatable bonds is 3. The number of thiazole rings is 1. The first-order chi connectivity index (χ1) is 10.3. The summed E-state index contributed by atoms with van der Waals surface area (Å²) in [6.45, 7) is 1.70. The highest BCUT2D eigenvalue weighted by Crippen LogP contribution is 2.22. The maximum absolute atomic E-state index is 12.2. The number of aromatic nitrogens is 1. The van der Waals surface area contributed by atoms with E-state index in [4.69, 9.17) is 5.26 Å². The van der Waals surface area contributed by atoms with Gasteiger partial charge in [-0.1, -0.05) is 0 Å². The van der Waals surface area contributed by atoms with E-state index in [1.54, 1.807) is 41.8 Å². The van der Waals surface area contributed by atoms with Crippen LogP contribution in [0.5, 0.6) is 0 Å². The van der Waals surface area contributed by atoms with Crippen LogP contribution >= 0.6 is 11.3 Å². The Morgan fingerprint density at radius 3 is 2.90 bits per heavy atom. The first-order valence-electron chi connectivity index (χ1n) is 6.72. The van der Waals surface area contributed by atoms with Crippen molar-refractivity contribution in [3.8, 4) is 6.07 Å². The summed E-state index contributed by atoms with van der Waals surface area (Å²) in [6.07, 6.45) is 2.71. The number of hydrogen-bond donors (Lipinski definition) is 1. The van der Waals surface area contributed by atoms with Crippen LogP contribution in [0.1, 0.15) is 22.3 Å². The third-order valence-corrected chi connectivity index (χ3v) is 4.32. The summed E-state index contributed by atoms with van der Waals surface area (Å²) in [5, 5.41) is 14.8. The molecule has 21 heavy (non-hydrogen) atoms. The molecule has 1 aliphatic rings. The molecule has 1 atom stereocenters. The predicted octanol–water partition coefficient (Wildman–Crippen LogP) is 2.02. The Bertz CT molecular complexity index is 660. The van der Waals surface area contributed by atoms with E-state index < -0.39 is 0 Å². The fraction of sp³-hybridized carbons (Fsp3) is 0.267. The maximum Gasteiger partial charge on any atom is 0.251 e. The van der Waals surface area contributed by atoms with Crippen molar-refractivity contribution in [2.75, 3.05) is 18.0 Å². The van der Waals surface area contributed by atoms with Crippen LogP contribution in [0.15, 0.2) is 35.8 Å². The lowest BCUT2D eigenvalue weighted by atomic mass is 10.1. The Kier molecular flexibility index (Phi) is 3.84. The molecule has 1 N–H and O–H groups in total. The van der Waals surface area contributed by atoms with Crippen LogP contribution in [0.2, 0.25) is 0 Å². The van der Waals surface area contributed by atoms with Crippen LogP contribution in [0.25, 0.3) is 0 Å². The fourth-order valence-corrected chi connectivity index (χ4v) is 3.07. The second-order valence-corrected chi connectivity index (χ2v) is 5.78. The third-order valence-electron chi connectivity index (χ3n) is 3.49. The summed E-state index contributed by atoms with van der Waals surface area (Å²) in [4.78, 5) is 18.6. The fourth-order valence-electron chi connectivity index (χ4n) is 2.39. The van der Waals surface area contributed by atoms with Crippen LogP contribution < -0.4 is 10.2 Å². The van der Waals surface area contributed by atoms with E-state index in [2.05, 4.69) is 15.2 Å². The number of carbonyl (C=O) groups excluding carboxylic acids is 1. The average molecular weight is 298 g/mol. The zero-order valence-corrected chi connectivity index (χ0v) is 12.1. The van der Waals surface area contributed by atoms with Gasteiger partial charge in [0.2, 0.25) is 0 Å². The number of hydrogen-bond acceptors (Lipinski definition) is 5. The SMILES string of the molecule is N#Cc1ccc(C(=O)NC2CCN(c3nccs3)C2)cc1. The molecule has 1 fully saturated rings. The first kappa shape index (κ1) is 13.6. The number of carbonyl (C=O) groups is 1. The first-order valence-corrected chi connectivity index (χ1v) is 7.59. The van der Waals surface area contributed by atoms with Crippen molar-refractivity contribution in [1.29, 1.82) is 5.26 Å². The van der Waals surface area contributed by atoms with Gasteiger partial charge in [-0.2, -0.15) is 5.26 Å². The van der Waals surface area contributed by atoms with E-state index >= 15 is 0 Å². The third kappa shape index (κ3) is 3.03. The highest BCUT2D eigenvalue weighted by atomic mass is 32.1. The van der Waals surface area contributed by atoms with Gasteiger partial charge in [0, 0.05) is 36.3 Å². The minimum atomic E-state index is -0.0921. The van der Waals surface area contributed by atoms with Crippen molar-refractivity contribution in [1.82, 2.24) is 10.3 Å². The molecular weight excluding hydrogens is 284 g/mol. The molecule has 0 spiro atoms. The summed E-state index contributed by atoms with van der Waals surface area (Å²) in [7, 11) is 0. The summed E-state index contributed by atoms with van der Waals surface area (Å²) in [6, 6.07) is 8.86. The molecule has 1 aromatic heterocycles. The monoisotopic (exact) mass is 298 g/mol. The Hall–Kier alpha value is -2.39. The zero-order chi connectivity index (χ0) is 14.7. The molecule has 2 heterocycles. The molecule has 1 aromatic carbocycles. The van der Waals surface area contributed by atoms with Crippen LogP contribution in [0.4, 0.5) is 5.13 Å². The number of amides is 1. The van der Waals surface area contributed by atoms with Crippen molar-refractivity contribution in [2.45, 2.75) is 12.5 Å². The van der Waals surface area contributed by atoms with E-state index in [9.17, 15) is 4.79 Å². The van der Waals surface area contributed by atoms with Gasteiger partial charge in [-0.15, -0.1) is 11.3 Å². The lowest BCUT2D eigenvalue weighted by Crippen LogP contribution is -2.37. The molecule has 106 valence electrons. The number of nitrogens with one attached hydrogen (secondary N) is 1. The van der Waals surface area contributed by atoms with Gasteiger partial charge in [-0.25, -0.2) is 4.98 Å². The van der Waals surface area contributed by atoms with Gasteiger partial charge in [0.15, 0.2) is 5.13 Å². The van der Waals surface area contributed by atoms with Crippen molar-refractivity contribution in [2.24, 2.45) is 0 Å². The van der Waals surface area contributed by atoms with E-state index in [1.165, 1.54) is 0 Å². The Morgan fingerprint density at radius 1 is 1.43 bits per heavy atom. The lowest BCUT2D eigenvalue weighted by molar-refractivity contribution is 0.0940. The topological polar surface area (TPSA) is 69.0 Å². The van der Waals surface area contributed by atoms with Gasteiger partial charge in [-0.05, 0) is 30.7 Å². The van der Waals surface area contributed by atoms with Gasteiger partial charge < -0.3 is 10.2 Å². The predicted molar refractivity (Wildman–Crippen MR) is 81.4 cm³/mol. The standard InChI is InChI=1S/C15H14N4OS/c16-9-11-1-3-12(4-2-11)14(20)18-13-5-7-19(10-13)15-17-6-8-21-15/h1-4,6,8,13H,5,7,10H2,(H,18,20). The van der Waals surface area contributed by atoms with Gasteiger partial charge in [0.05, 0.1) is 11.6 Å². The van der Waals surface area contributed by atoms with E-state index in [0.29, 0.717) is 11.1 Å². The minimum absolute atomic E-state index is 0.0921. The summed E-state index contributed by atoms with van der Waals surface area (Å²) < 4.78 is 0. The van der Waals surface area contributed by atoms with E-state index in [-0.39, 0.29) is 11.9 Å². The average Bonchev–Trinajstić information content (AvgIpc) is 3.18. The molecular formula is C15H14N4OS. The molecule has 5 nitrogen and oxygen atoms in total. The van der Waals surface area contributed by atoms with Gasteiger partial charge in [0.25, 0.3) is 5.91 Å². The second-order valence-electron chi connectivity index (χ2n) is 4.91. The molecule has 0 saturated carbocycles. The number of nitrogens with zero attached hydrogens (tertiary/aromatic N) is 3. The van der Waals surface area contributed by atoms with Crippen LogP contribution in [-0.4, -0.2) is 30.0 Å². The molecule has 1 aliphatic heterocycles. The molecule has 0 bridgehead atoms.